The van der Waals surface area contributed by atoms with Crippen LogP contribution in [-0.2, 0) is 0 Å². The van der Waals surface area contributed by atoms with Crippen LogP contribution in [0.5, 0.6) is 0 Å². The summed E-state index contributed by atoms with van der Waals surface area (Å²) in [6, 6.07) is 0.567. The van der Waals surface area contributed by atoms with Crippen LogP contribution < -0.4 is 10.6 Å². The molecule has 19 heavy (non-hydrogen) atoms. The maximum absolute atomic E-state index is 7.66. The SMILES string of the molecule is N=C(N)c1nccnc1N1CCCC1C1CCCC1. The van der Waals surface area contributed by atoms with Gasteiger partial charge in [-0.15, -0.1) is 0 Å². The van der Waals surface area contributed by atoms with Crippen molar-refractivity contribution in [2.45, 2.75) is 44.6 Å². The molecule has 0 bridgehead atoms. The Hall–Kier alpha value is -1.65. The lowest BCUT2D eigenvalue weighted by molar-refractivity contribution is 0.429. The van der Waals surface area contributed by atoms with Crippen LogP contribution in [0.1, 0.15) is 44.2 Å². The van der Waals surface area contributed by atoms with Crippen LogP contribution in [0.2, 0.25) is 0 Å². The molecule has 3 N–H and O–H groups in total. The molecule has 1 aromatic rings. The number of hydrogen-bond acceptors (Lipinski definition) is 4. The van der Waals surface area contributed by atoms with E-state index in [4.69, 9.17) is 11.1 Å². The molecular weight excluding hydrogens is 238 g/mol. The summed E-state index contributed by atoms with van der Waals surface area (Å²) in [7, 11) is 0. The first-order valence-corrected chi connectivity index (χ1v) is 7.19. The summed E-state index contributed by atoms with van der Waals surface area (Å²) < 4.78 is 0. The zero-order valence-electron chi connectivity index (χ0n) is 11.2. The third kappa shape index (κ3) is 2.29. The average molecular weight is 259 g/mol. The monoisotopic (exact) mass is 259 g/mol. The molecule has 1 saturated carbocycles. The first kappa shape index (κ1) is 12.4. The minimum absolute atomic E-state index is 0.0140. The topological polar surface area (TPSA) is 78.9 Å². The van der Waals surface area contributed by atoms with E-state index in [1.807, 2.05) is 0 Å². The Labute approximate surface area is 113 Å². The lowest BCUT2D eigenvalue weighted by atomic mass is 9.96. The average Bonchev–Trinajstić information content (AvgIpc) is 3.09. The van der Waals surface area contributed by atoms with Crippen LogP contribution in [0.25, 0.3) is 0 Å². The van der Waals surface area contributed by atoms with Gasteiger partial charge in [0.1, 0.15) is 11.5 Å². The molecular formula is C14H21N5. The zero-order valence-corrected chi connectivity index (χ0v) is 11.2. The molecule has 1 unspecified atom stereocenters. The van der Waals surface area contributed by atoms with Crippen molar-refractivity contribution in [1.82, 2.24) is 9.97 Å². The molecule has 0 radical (unpaired) electrons. The summed E-state index contributed by atoms with van der Waals surface area (Å²) in [4.78, 5) is 11.0. The van der Waals surface area contributed by atoms with Gasteiger partial charge in [-0.25, -0.2) is 9.97 Å². The highest BCUT2D eigenvalue weighted by atomic mass is 15.2. The van der Waals surface area contributed by atoms with Gasteiger partial charge < -0.3 is 10.6 Å². The Morgan fingerprint density at radius 1 is 1.16 bits per heavy atom. The van der Waals surface area contributed by atoms with E-state index in [0.717, 1.165) is 18.3 Å². The molecule has 0 aromatic carbocycles. The molecule has 1 saturated heterocycles. The highest BCUT2D eigenvalue weighted by Gasteiger charge is 2.35. The fourth-order valence-corrected chi connectivity index (χ4v) is 3.62. The minimum atomic E-state index is 0.0140. The zero-order chi connectivity index (χ0) is 13.2. The Morgan fingerprint density at radius 2 is 1.89 bits per heavy atom. The number of nitrogens with zero attached hydrogens (tertiary/aromatic N) is 3. The molecule has 3 rings (SSSR count). The van der Waals surface area contributed by atoms with Crippen LogP contribution >= 0.6 is 0 Å². The second-order valence-electron chi connectivity index (χ2n) is 5.59. The van der Waals surface area contributed by atoms with Crippen LogP contribution in [0, 0.1) is 11.3 Å². The van der Waals surface area contributed by atoms with E-state index in [0.29, 0.717) is 11.7 Å². The van der Waals surface area contributed by atoms with Gasteiger partial charge in [0.05, 0.1) is 0 Å². The predicted molar refractivity (Wildman–Crippen MR) is 75.4 cm³/mol. The van der Waals surface area contributed by atoms with E-state index in [9.17, 15) is 0 Å². The highest BCUT2D eigenvalue weighted by Crippen LogP contribution is 2.37. The number of hydrogen-bond donors (Lipinski definition) is 2. The van der Waals surface area contributed by atoms with E-state index in [1.54, 1.807) is 12.4 Å². The van der Waals surface area contributed by atoms with Crippen molar-refractivity contribution >= 4 is 11.7 Å². The minimum Gasteiger partial charge on any atom is -0.382 e. The highest BCUT2D eigenvalue weighted by molar-refractivity contribution is 5.97. The van der Waals surface area contributed by atoms with Crippen LogP contribution in [0.4, 0.5) is 5.82 Å². The Morgan fingerprint density at radius 3 is 2.63 bits per heavy atom. The number of rotatable bonds is 3. The molecule has 102 valence electrons. The Bertz CT molecular complexity index is 467. The summed E-state index contributed by atoms with van der Waals surface area (Å²) in [5.74, 6) is 1.61. The van der Waals surface area contributed by atoms with Gasteiger partial charge in [-0.3, -0.25) is 5.41 Å². The van der Waals surface area contributed by atoms with Gasteiger partial charge in [-0.2, -0.15) is 0 Å². The van der Waals surface area contributed by atoms with Gasteiger partial charge in [0.25, 0.3) is 0 Å². The lowest BCUT2D eigenvalue weighted by Crippen LogP contribution is -2.37. The van der Waals surface area contributed by atoms with Crippen molar-refractivity contribution in [3.63, 3.8) is 0 Å². The summed E-state index contributed by atoms with van der Waals surface area (Å²) in [6.07, 6.45) is 11.1. The number of nitrogen functional groups attached to an aromatic ring is 1. The molecule has 5 nitrogen and oxygen atoms in total. The van der Waals surface area contributed by atoms with Crippen molar-refractivity contribution in [2.24, 2.45) is 11.7 Å². The van der Waals surface area contributed by atoms with Crippen molar-refractivity contribution < 1.29 is 0 Å². The quantitative estimate of drug-likeness (QED) is 0.642. The predicted octanol–water partition coefficient (Wildman–Crippen LogP) is 1.92. The molecule has 5 heteroatoms. The molecule has 2 aliphatic rings. The van der Waals surface area contributed by atoms with Crippen LogP contribution in [0.3, 0.4) is 0 Å². The van der Waals surface area contributed by atoms with Crippen molar-refractivity contribution in [3.05, 3.63) is 18.1 Å². The van der Waals surface area contributed by atoms with Crippen molar-refractivity contribution in [2.75, 3.05) is 11.4 Å². The fraction of sp³-hybridized carbons (Fsp3) is 0.643. The Kier molecular flexibility index (Phi) is 3.36. The lowest BCUT2D eigenvalue weighted by Gasteiger charge is -2.31. The first-order chi connectivity index (χ1) is 9.27. The standard InChI is InChI=1S/C14H21N5/c15-13(16)12-14(18-8-7-17-12)19-9-3-6-11(19)10-4-1-2-5-10/h7-8,10-11H,1-6,9H2,(H3,15,16). The second-order valence-corrected chi connectivity index (χ2v) is 5.59. The molecule has 1 aliphatic heterocycles. The summed E-state index contributed by atoms with van der Waals surface area (Å²) in [6.45, 7) is 1.01. The molecule has 0 amide bonds. The van der Waals surface area contributed by atoms with Crippen LogP contribution in [-0.4, -0.2) is 28.4 Å². The molecule has 0 spiro atoms. The van der Waals surface area contributed by atoms with E-state index in [1.165, 1.54) is 38.5 Å². The molecule has 2 heterocycles. The number of nitrogens with one attached hydrogen (secondary N) is 1. The van der Waals surface area contributed by atoms with Gasteiger partial charge in [-0.1, -0.05) is 12.8 Å². The number of aromatic nitrogens is 2. The third-order valence-electron chi connectivity index (χ3n) is 4.45. The fourth-order valence-electron chi connectivity index (χ4n) is 3.62. The Balaban J connectivity index is 1.90. The maximum Gasteiger partial charge on any atom is 0.158 e. The normalized spacial score (nSPS) is 24.0. The largest absolute Gasteiger partial charge is 0.382 e. The van der Waals surface area contributed by atoms with Gasteiger partial charge >= 0.3 is 0 Å². The van der Waals surface area contributed by atoms with Crippen molar-refractivity contribution in [3.8, 4) is 0 Å². The van der Waals surface area contributed by atoms with Crippen molar-refractivity contribution in [1.29, 1.82) is 5.41 Å². The number of amidine groups is 1. The number of nitrogens with two attached hydrogens (primary N) is 1. The van der Waals surface area contributed by atoms with E-state index < -0.39 is 0 Å². The van der Waals surface area contributed by atoms with Gasteiger partial charge in [0.15, 0.2) is 5.82 Å². The maximum atomic E-state index is 7.66. The summed E-state index contributed by atoms with van der Waals surface area (Å²) in [5, 5.41) is 7.66. The molecule has 1 atom stereocenters. The van der Waals surface area contributed by atoms with E-state index in [2.05, 4.69) is 14.9 Å². The van der Waals surface area contributed by atoms with E-state index in [-0.39, 0.29) is 5.84 Å². The smallest absolute Gasteiger partial charge is 0.158 e. The summed E-state index contributed by atoms with van der Waals surface area (Å²) >= 11 is 0. The number of anilines is 1. The van der Waals surface area contributed by atoms with Crippen LogP contribution in [0.15, 0.2) is 12.4 Å². The van der Waals surface area contributed by atoms with Gasteiger partial charge in [0, 0.05) is 25.0 Å². The van der Waals surface area contributed by atoms with Gasteiger partial charge in [0.2, 0.25) is 0 Å². The molecule has 2 fully saturated rings. The molecule has 1 aliphatic carbocycles. The van der Waals surface area contributed by atoms with Gasteiger partial charge in [-0.05, 0) is 31.6 Å². The summed E-state index contributed by atoms with van der Waals surface area (Å²) in [5.41, 5.74) is 6.17. The first-order valence-electron chi connectivity index (χ1n) is 7.19. The molecule has 1 aromatic heterocycles. The second kappa shape index (κ2) is 5.15. The third-order valence-corrected chi connectivity index (χ3v) is 4.45. The van der Waals surface area contributed by atoms with E-state index >= 15 is 0 Å².